The van der Waals surface area contributed by atoms with Gasteiger partial charge in [0, 0.05) is 19.3 Å². The van der Waals surface area contributed by atoms with Crippen molar-refractivity contribution >= 4 is 11.6 Å². The number of anilines is 1. The van der Waals surface area contributed by atoms with E-state index in [4.69, 9.17) is 0 Å². The van der Waals surface area contributed by atoms with Crippen LogP contribution in [0.5, 0.6) is 0 Å². The number of benzene rings is 2. The molecule has 0 aliphatic rings. The summed E-state index contributed by atoms with van der Waals surface area (Å²) in [4.78, 5) is 12.3. The van der Waals surface area contributed by atoms with E-state index in [1.54, 1.807) is 0 Å². The summed E-state index contributed by atoms with van der Waals surface area (Å²) in [6, 6.07) is 14.2. The molecule has 0 radical (unpaired) electrons. The first kappa shape index (κ1) is 15.1. The van der Waals surface area contributed by atoms with E-state index in [0.29, 0.717) is 12.1 Å². The maximum Gasteiger partial charge on any atom is 0.253 e. The molecule has 0 aliphatic carbocycles. The van der Waals surface area contributed by atoms with Crippen molar-refractivity contribution in [2.75, 3.05) is 18.9 Å². The Morgan fingerprint density at radius 1 is 1.05 bits per heavy atom. The summed E-state index contributed by atoms with van der Waals surface area (Å²) in [6.45, 7) is 4.70. The van der Waals surface area contributed by atoms with Gasteiger partial charge in [0.25, 0.3) is 5.91 Å². The van der Waals surface area contributed by atoms with Crippen molar-refractivity contribution in [1.82, 2.24) is 5.32 Å². The second-order valence-electron chi connectivity index (χ2n) is 5.29. The van der Waals surface area contributed by atoms with E-state index in [1.165, 1.54) is 11.1 Å². The van der Waals surface area contributed by atoms with E-state index >= 15 is 0 Å². The molecule has 2 rings (SSSR count). The zero-order chi connectivity index (χ0) is 15.2. The van der Waals surface area contributed by atoms with Crippen LogP contribution in [0.2, 0.25) is 0 Å². The third-order valence-corrected chi connectivity index (χ3v) is 3.47. The molecule has 0 aromatic heterocycles. The van der Waals surface area contributed by atoms with Crippen molar-refractivity contribution in [3.05, 3.63) is 64.7 Å². The molecule has 0 atom stereocenters. The van der Waals surface area contributed by atoms with Gasteiger partial charge in [-0.15, -0.1) is 0 Å². The number of aryl methyl sites for hydroxylation is 2. The predicted octanol–water partition coefficient (Wildman–Crippen LogP) is 3.32. The zero-order valence-electron chi connectivity index (χ0n) is 12.9. The molecule has 0 spiro atoms. The van der Waals surface area contributed by atoms with Gasteiger partial charge in [0.05, 0.1) is 5.56 Å². The minimum absolute atomic E-state index is 0.0318. The van der Waals surface area contributed by atoms with Gasteiger partial charge in [0.1, 0.15) is 0 Å². The normalized spacial score (nSPS) is 10.2. The van der Waals surface area contributed by atoms with Gasteiger partial charge in [-0.1, -0.05) is 41.5 Å². The number of hydrogen-bond donors (Lipinski definition) is 2. The predicted molar refractivity (Wildman–Crippen MR) is 87.9 cm³/mol. The van der Waals surface area contributed by atoms with Crippen LogP contribution in [0, 0.1) is 13.8 Å². The first-order chi connectivity index (χ1) is 10.1. The molecule has 0 fully saturated rings. The van der Waals surface area contributed by atoms with Crippen molar-refractivity contribution < 1.29 is 4.79 Å². The highest BCUT2D eigenvalue weighted by atomic mass is 16.1. The van der Waals surface area contributed by atoms with Crippen LogP contribution in [0.3, 0.4) is 0 Å². The average molecular weight is 282 g/mol. The summed E-state index contributed by atoms with van der Waals surface area (Å²) >= 11 is 0. The average Bonchev–Trinajstić information content (AvgIpc) is 2.47. The number of carbonyl (C=O) groups is 1. The van der Waals surface area contributed by atoms with Gasteiger partial charge in [-0.05, 0) is 38.0 Å². The Balaban J connectivity index is 1.97. The summed E-state index contributed by atoms with van der Waals surface area (Å²) in [6.07, 6.45) is 0.841. The molecule has 0 unspecified atom stereocenters. The van der Waals surface area contributed by atoms with E-state index in [9.17, 15) is 4.79 Å². The molecule has 0 bridgehead atoms. The van der Waals surface area contributed by atoms with Gasteiger partial charge in [0.2, 0.25) is 0 Å². The molecule has 0 saturated heterocycles. The number of hydrogen-bond acceptors (Lipinski definition) is 2. The third kappa shape index (κ3) is 4.09. The Morgan fingerprint density at radius 2 is 1.81 bits per heavy atom. The quantitative estimate of drug-likeness (QED) is 0.883. The second-order valence-corrected chi connectivity index (χ2v) is 5.29. The van der Waals surface area contributed by atoms with Gasteiger partial charge < -0.3 is 10.6 Å². The fraction of sp³-hybridized carbons (Fsp3) is 0.278. The van der Waals surface area contributed by atoms with Gasteiger partial charge in [0.15, 0.2) is 0 Å². The summed E-state index contributed by atoms with van der Waals surface area (Å²) in [5, 5.41) is 6.05. The molecule has 1 amide bonds. The first-order valence-electron chi connectivity index (χ1n) is 7.22. The Hall–Kier alpha value is -2.29. The van der Waals surface area contributed by atoms with Crippen LogP contribution in [0.1, 0.15) is 27.0 Å². The van der Waals surface area contributed by atoms with Gasteiger partial charge in [-0.2, -0.15) is 0 Å². The fourth-order valence-corrected chi connectivity index (χ4v) is 2.35. The Morgan fingerprint density at radius 3 is 2.52 bits per heavy atom. The molecule has 21 heavy (non-hydrogen) atoms. The minimum Gasteiger partial charge on any atom is -0.387 e. The maximum atomic E-state index is 12.3. The lowest BCUT2D eigenvalue weighted by atomic mass is 10.1. The van der Waals surface area contributed by atoms with Crippen LogP contribution < -0.4 is 10.6 Å². The second kappa shape index (κ2) is 6.93. The van der Waals surface area contributed by atoms with Crippen LogP contribution >= 0.6 is 0 Å². The number of carbonyl (C=O) groups excluding carboxylic acids is 1. The summed E-state index contributed by atoms with van der Waals surface area (Å²) in [5.74, 6) is -0.0318. The highest BCUT2D eigenvalue weighted by molar-refractivity contribution is 5.99. The minimum atomic E-state index is -0.0318. The Labute approximate surface area is 126 Å². The molecule has 110 valence electrons. The van der Waals surface area contributed by atoms with Gasteiger partial charge >= 0.3 is 0 Å². The molecule has 3 nitrogen and oxygen atoms in total. The zero-order valence-corrected chi connectivity index (χ0v) is 12.9. The smallest absolute Gasteiger partial charge is 0.253 e. The molecule has 0 saturated carbocycles. The lowest BCUT2D eigenvalue weighted by molar-refractivity contribution is 0.0955. The van der Waals surface area contributed by atoms with Crippen LogP contribution in [0.25, 0.3) is 0 Å². The van der Waals surface area contributed by atoms with Crippen molar-refractivity contribution in [1.29, 1.82) is 0 Å². The van der Waals surface area contributed by atoms with E-state index in [-0.39, 0.29) is 5.91 Å². The van der Waals surface area contributed by atoms with Crippen molar-refractivity contribution in [3.63, 3.8) is 0 Å². The van der Waals surface area contributed by atoms with E-state index in [2.05, 4.69) is 35.8 Å². The van der Waals surface area contributed by atoms with E-state index < -0.39 is 0 Å². The molecule has 0 heterocycles. The van der Waals surface area contributed by atoms with E-state index in [0.717, 1.165) is 17.7 Å². The maximum absolute atomic E-state index is 12.3. The Bertz CT molecular complexity index is 635. The molecular formula is C18H22N2O. The molecule has 2 aromatic rings. The highest BCUT2D eigenvalue weighted by Crippen LogP contribution is 2.16. The van der Waals surface area contributed by atoms with Crippen LogP contribution in [0.15, 0.2) is 42.5 Å². The van der Waals surface area contributed by atoms with Gasteiger partial charge in [-0.3, -0.25) is 4.79 Å². The van der Waals surface area contributed by atoms with Crippen LogP contribution in [-0.4, -0.2) is 19.5 Å². The fourth-order valence-electron chi connectivity index (χ4n) is 2.35. The standard InChI is InChI=1S/C18H22N2O/c1-13-5-4-6-15(11-13)9-10-20-18(21)16-12-14(2)7-8-17(16)19-3/h4-8,11-12,19H,9-10H2,1-3H3,(H,20,21). The number of nitrogens with one attached hydrogen (secondary N) is 2. The summed E-state index contributed by atoms with van der Waals surface area (Å²) < 4.78 is 0. The summed E-state index contributed by atoms with van der Waals surface area (Å²) in [7, 11) is 1.83. The number of rotatable bonds is 5. The Kier molecular flexibility index (Phi) is 4.99. The molecule has 0 aliphatic heterocycles. The first-order valence-corrected chi connectivity index (χ1v) is 7.22. The van der Waals surface area contributed by atoms with Crippen LogP contribution in [-0.2, 0) is 6.42 Å². The van der Waals surface area contributed by atoms with Crippen LogP contribution in [0.4, 0.5) is 5.69 Å². The third-order valence-electron chi connectivity index (χ3n) is 3.47. The molecular weight excluding hydrogens is 260 g/mol. The SMILES string of the molecule is CNc1ccc(C)cc1C(=O)NCCc1cccc(C)c1. The number of amides is 1. The highest BCUT2D eigenvalue weighted by Gasteiger charge is 2.10. The van der Waals surface area contributed by atoms with Crippen molar-refractivity contribution in [2.24, 2.45) is 0 Å². The lowest BCUT2D eigenvalue weighted by Gasteiger charge is -2.11. The molecule has 2 N–H and O–H groups in total. The van der Waals surface area contributed by atoms with Gasteiger partial charge in [-0.25, -0.2) is 0 Å². The van der Waals surface area contributed by atoms with E-state index in [1.807, 2.05) is 38.2 Å². The largest absolute Gasteiger partial charge is 0.387 e. The molecule has 2 aromatic carbocycles. The van der Waals surface area contributed by atoms with Crippen molar-refractivity contribution in [3.8, 4) is 0 Å². The lowest BCUT2D eigenvalue weighted by Crippen LogP contribution is -2.26. The topological polar surface area (TPSA) is 41.1 Å². The summed E-state index contributed by atoms with van der Waals surface area (Å²) in [5.41, 5.74) is 5.12. The molecule has 3 heteroatoms. The monoisotopic (exact) mass is 282 g/mol. The van der Waals surface area contributed by atoms with Crippen molar-refractivity contribution in [2.45, 2.75) is 20.3 Å².